The number of nitro groups is 1. The summed E-state index contributed by atoms with van der Waals surface area (Å²) >= 11 is 1.39. The second-order valence-electron chi connectivity index (χ2n) is 5.63. The Kier molecular flexibility index (Phi) is 5.90. The van der Waals surface area contributed by atoms with Crippen LogP contribution >= 0.6 is 11.8 Å². The number of nitro benzene ring substituents is 1. The first-order valence-corrected chi connectivity index (χ1v) is 8.86. The smallest absolute Gasteiger partial charge is 0.305 e. The third-order valence-electron chi connectivity index (χ3n) is 3.63. The highest BCUT2D eigenvalue weighted by molar-refractivity contribution is 7.99. The molecule has 0 aliphatic carbocycles. The van der Waals surface area contributed by atoms with Gasteiger partial charge >= 0.3 is 5.69 Å². The fraction of sp³-hybridized carbons (Fsp3) is 0.111. The van der Waals surface area contributed by atoms with Crippen LogP contribution in [0.1, 0.15) is 0 Å². The quantitative estimate of drug-likeness (QED) is 0.479. The lowest BCUT2D eigenvalue weighted by Crippen LogP contribution is -2.20. The number of anilines is 1. The molecule has 1 amide bonds. The lowest BCUT2D eigenvalue weighted by Gasteiger charge is -2.11. The summed E-state index contributed by atoms with van der Waals surface area (Å²) in [5, 5.41) is 14.1. The minimum atomic E-state index is -1.03. The van der Waals surface area contributed by atoms with Gasteiger partial charge in [0.05, 0.1) is 10.6 Å². The van der Waals surface area contributed by atoms with Gasteiger partial charge in [-0.05, 0) is 30.0 Å². The number of imidazole rings is 1. The standard InChI is InChI=1S/C18H15FN4O4S/c1-22-9-8-20-18(22)28-16-5-3-2-4-14(16)21-17(24)11-27-12-6-7-15(23(25)26)13(19)10-12/h2-10H,11H2,1H3,(H,21,24). The van der Waals surface area contributed by atoms with Crippen molar-refractivity contribution in [1.29, 1.82) is 0 Å². The number of para-hydroxylation sites is 1. The number of nitrogens with one attached hydrogen (secondary N) is 1. The monoisotopic (exact) mass is 402 g/mol. The van der Waals surface area contributed by atoms with Crippen LogP contribution < -0.4 is 10.1 Å². The molecule has 0 unspecified atom stereocenters. The van der Waals surface area contributed by atoms with Crippen LogP contribution in [-0.2, 0) is 11.8 Å². The molecule has 0 aliphatic rings. The molecule has 3 rings (SSSR count). The number of hydrogen-bond donors (Lipinski definition) is 1. The van der Waals surface area contributed by atoms with Crippen LogP contribution in [0.2, 0.25) is 0 Å². The molecule has 0 bridgehead atoms. The zero-order valence-electron chi connectivity index (χ0n) is 14.7. The molecule has 2 aromatic carbocycles. The highest BCUT2D eigenvalue weighted by atomic mass is 32.2. The van der Waals surface area contributed by atoms with E-state index in [2.05, 4.69) is 10.3 Å². The molecule has 1 N–H and O–H groups in total. The predicted octanol–water partition coefficient (Wildman–Crippen LogP) is 3.64. The molecule has 8 nitrogen and oxygen atoms in total. The zero-order valence-corrected chi connectivity index (χ0v) is 15.5. The third kappa shape index (κ3) is 4.65. The summed E-state index contributed by atoms with van der Waals surface area (Å²) in [6, 6.07) is 10.3. The van der Waals surface area contributed by atoms with E-state index >= 15 is 0 Å². The van der Waals surface area contributed by atoms with Crippen molar-refractivity contribution >= 4 is 29.0 Å². The van der Waals surface area contributed by atoms with Crippen molar-refractivity contribution in [2.45, 2.75) is 10.1 Å². The number of benzene rings is 2. The molecule has 1 heterocycles. The molecule has 0 saturated heterocycles. The van der Waals surface area contributed by atoms with Gasteiger partial charge in [-0.15, -0.1) is 0 Å². The van der Waals surface area contributed by atoms with Crippen LogP contribution in [0.3, 0.4) is 0 Å². The van der Waals surface area contributed by atoms with E-state index in [0.717, 1.165) is 22.2 Å². The van der Waals surface area contributed by atoms with Crippen LogP contribution in [0.5, 0.6) is 5.75 Å². The van der Waals surface area contributed by atoms with E-state index in [9.17, 15) is 19.3 Å². The number of carbonyl (C=O) groups excluding carboxylic acids is 1. The molecule has 0 fully saturated rings. The molecule has 28 heavy (non-hydrogen) atoms. The number of nitrogens with zero attached hydrogens (tertiary/aromatic N) is 3. The van der Waals surface area contributed by atoms with Crippen LogP contribution in [-0.4, -0.2) is 27.0 Å². The minimum absolute atomic E-state index is 0.0221. The summed E-state index contributed by atoms with van der Waals surface area (Å²) < 4.78 is 20.7. The van der Waals surface area contributed by atoms with Gasteiger partial charge < -0.3 is 14.6 Å². The van der Waals surface area contributed by atoms with Gasteiger partial charge in [0, 0.05) is 36.5 Å². The number of ether oxygens (including phenoxy) is 1. The van der Waals surface area contributed by atoms with Crippen LogP contribution in [0.15, 0.2) is 64.9 Å². The Morgan fingerprint density at radius 3 is 2.82 bits per heavy atom. The lowest BCUT2D eigenvalue weighted by molar-refractivity contribution is -0.387. The fourth-order valence-electron chi connectivity index (χ4n) is 2.27. The number of aryl methyl sites for hydroxylation is 1. The maximum atomic E-state index is 13.6. The van der Waals surface area contributed by atoms with Crippen LogP contribution in [0.25, 0.3) is 0 Å². The van der Waals surface area contributed by atoms with Gasteiger partial charge in [-0.25, -0.2) is 4.98 Å². The summed E-state index contributed by atoms with van der Waals surface area (Å²) in [5.41, 5.74) is -0.0731. The van der Waals surface area contributed by atoms with Crippen LogP contribution in [0, 0.1) is 15.9 Å². The predicted molar refractivity (Wildman–Crippen MR) is 101 cm³/mol. The second-order valence-corrected chi connectivity index (χ2v) is 6.64. The maximum absolute atomic E-state index is 13.6. The van der Waals surface area contributed by atoms with Crippen molar-refractivity contribution in [2.24, 2.45) is 7.05 Å². The molecule has 10 heteroatoms. The van der Waals surface area contributed by atoms with Gasteiger partial charge in [0.15, 0.2) is 11.8 Å². The van der Waals surface area contributed by atoms with Crippen LogP contribution in [0.4, 0.5) is 15.8 Å². The molecule has 144 valence electrons. The number of amides is 1. The van der Waals surface area contributed by atoms with E-state index < -0.39 is 22.3 Å². The Morgan fingerprint density at radius 2 is 2.14 bits per heavy atom. The molecular weight excluding hydrogens is 387 g/mol. The van der Waals surface area contributed by atoms with Crippen molar-refractivity contribution in [1.82, 2.24) is 9.55 Å². The Morgan fingerprint density at radius 1 is 1.36 bits per heavy atom. The lowest BCUT2D eigenvalue weighted by atomic mass is 10.3. The van der Waals surface area contributed by atoms with E-state index in [1.165, 1.54) is 17.8 Å². The topological polar surface area (TPSA) is 99.3 Å². The molecule has 0 spiro atoms. The van der Waals surface area contributed by atoms with Gasteiger partial charge in [-0.2, -0.15) is 4.39 Å². The average molecular weight is 402 g/mol. The van der Waals surface area contributed by atoms with E-state index in [1.807, 2.05) is 29.9 Å². The highest BCUT2D eigenvalue weighted by Crippen LogP contribution is 2.32. The SMILES string of the molecule is Cn1ccnc1Sc1ccccc1NC(=O)COc1ccc([N+](=O)[O-])c(F)c1. The summed E-state index contributed by atoms with van der Waals surface area (Å²) in [6.07, 6.45) is 3.50. The largest absolute Gasteiger partial charge is 0.484 e. The first-order valence-electron chi connectivity index (χ1n) is 8.05. The number of halogens is 1. The van der Waals surface area contributed by atoms with E-state index in [4.69, 9.17) is 4.74 Å². The van der Waals surface area contributed by atoms with Crippen molar-refractivity contribution in [3.63, 3.8) is 0 Å². The Hall–Kier alpha value is -3.40. The number of carbonyl (C=O) groups is 1. The second kappa shape index (κ2) is 8.53. The zero-order chi connectivity index (χ0) is 20.1. The van der Waals surface area contributed by atoms with E-state index in [1.54, 1.807) is 18.3 Å². The number of hydrogen-bond acceptors (Lipinski definition) is 6. The molecule has 3 aromatic rings. The summed E-state index contributed by atoms with van der Waals surface area (Å²) in [7, 11) is 1.87. The summed E-state index contributed by atoms with van der Waals surface area (Å²) in [5.74, 6) is -1.46. The fourth-order valence-corrected chi connectivity index (χ4v) is 3.16. The molecule has 1 aromatic heterocycles. The molecule has 0 aliphatic heterocycles. The number of aromatic nitrogens is 2. The molecule has 0 radical (unpaired) electrons. The van der Waals surface area contributed by atoms with E-state index in [-0.39, 0.29) is 12.4 Å². The van der Waals surface area contributed by atoms with Gasteiger partial charge in [-0.3, -0.25) is 14.9 Å². The van der Waals surface area contributed by atoms with Crippen molar-refractivity contribution in [2.75, 3.05) is 11.9 Å². The summed E-state index contributed by atoms with van der Waals surface area (Å²) in [6.45, 7) is -0.376. The average Bonchev–Trinajstić information content (AvgIpc) is 3.06. The van der Waals surface area contributed by atoms with Gasteiger partial charge in [-0.1, -0.05) is 12.1 Å². The Balaban J connectivity index is 1.63. The maximum Gasteiger partial charge on any atom is 0.305 e. The minimum Gasteiger partial charge on any atom is -0.484 e. The van der Waals surface area contributed by atoms with Crippen molar-refractivity contribution in [3.05, 3.63) is 70.8 Å². The number of rotatable bonds is 7. The summed E-state index contributed by atoms with van der Waals surface area (Å²) in [4.78, 5) is 27.0. The van der Waals surface area contributed by atoms with Crippen molar-refractivity contribution < 1.29 is 18.8 Å². The van der Waals surface area contributed by atoms with Gasteiger partial charge in [0.1, 0.15) is 5.75 Å². The molecule has 0 saturated carbocycles. The van der Waals surface area contributed by atoms with Gasteiger partial charge in [0.25, 0.3) is 5.91 Å². The first-order chi connectivity index (χ1) is 13.4. The normalized spacial score (nSPS) is 10.5. The Labute approximate surface area is 163 Å². The third-order valence-corrected chi connectivity index (χ3v) is 4.78. The van der Waals surface area contributed by atoms with Crippen molar-refractivity contribution in [3.8, 4) is 5.75 Å². The highest BCUT2D eigenvalue weighted by Gasteiger charge is 2.15. The molecular formula is C18H15FN4O4S. The Bertz CT molecular complexity index is 1020. The van der Waals surface area contributed by atoms with E-state index in [0.29, 0.717) is 5.69 Å². The van der Waals surface area contributed by atoms with Gasteiger partial charge in [0.2, 0.25) is 5.82 Å². The molecule has 0 atom stereocenters. The first kappa shape index (κ1) is 19.4.